The van der Waals surface area contributed by atoms with Gasteiger partial charge in [0.2, 0.25) is 6.10 Å². The molecule has 1 atom stereocenters. The lowest BCUT2D eigenvalue weighted by Crippen LogP contribution is -2.36. The summed E-state index contributed by atoms with van der Waals surface area (Å²) >= 11 is 6.17. The Labute approximate surface area is 163 Å². The van der Waals surface area contributed by atoms with Crippen molar-refractivity contribution < 1.29 is 19.1 Å². The quantitative estimate of drug-likeness (QED) is 0.790. The molecular formula is C20H21ClN2O4. The fraction of sp³-hybridized carbons (Fsp3) is 0.300. The number of ether oxygens (including phenoxy) is 2. The number of amides is 1. The zero-order chi connectivity index (χ0) is 19.2. The van der Waals surface area contributed by atoms with Crippen LogP contribution < -0.4 is 14.8 Å². The van der Waals surface area contributed by atoms with Crippen LogP contribution >= 0.6 is 11.6 Å². The Morgan fingerprint density at radius 1 is 1.22 bits per heavy atom. The molecular weight excluding hydrogens is 368 g/mol. The van der Waals surface area contributed by atoms with Gasteiger partial charge in [0.25, 0.3) is 5.91 Å². The third-order valence-corrected chi connectivity index (χ3v) is 4.64. The molecule has 7 heteroatoms. The van der Waals surface area contributed by atoms with E-state index in [0.29, 0.717) is 41.6 Å². The first-order valence-electron chi connectivity index (χ1n) is 8.58. The van der Waals surface area contributed by atoms with E-state index >= 15 is 0 Å². The zero-order valence-electron chi connectivity index (χ0n) is 15.2. The van der Waals surface area contributed by atoms with Gasteiger partial charge in [0.05, 0.1) is 19.9 Å². The molecule has 0 unspecified atom stereocenters. The van der Waals surface area contributed by atoms with Gasteiger partial charge in [-0.1, -0.05) is 41.0 Å². The molecule has 6 nitrogen and oxygen atoms in total. The molecule has 0 spiro atoms. The van der Waals surface area contributed by atoms with Crippen LogP contribution in [0.3, 0.4) is 0 Å². The monoisotopic (exact) mass is 388 g/mol. The molecule has 0 bridgehead atoms. The molecule has 1 N–H and O–H groups in total. The lowest BCUT2D eigenvalue weighted by Gasteiger charge is -2.11. The standard InChI is InChI=1S/C20H21ClN2O4/c1-25-17-8-7-13(11-18(17)26-2)9-10-22-20(24)19-12-16(23-27-19)14-5-3-4-6-15(14)21/h3-8,11,19H,9-10,12H2,1-2H3,(H,22,24)/t19-/m1/s1. The van der Waals surface area contributed by atoms with Crippen molar-refractivity contribution in [3.8, 4) is 11.5 Å². The number of methoxy groups -OCH3 is 2. The second-order valence-corrected chi connectivity index (χ2v) is 6.45. The van der Waals surface area contributed by atoms with E-state index in [1.807, 2.05) is 36.4 Å². The number of rotatable bonds is 7. The molecule has 142 valence electrons. The van der Waals surface area contributed by atoms with Crippen LogP contribution in [-0.2, 0) is 16.1 Å². The number of halogens is 1. The normalized spacial score (nSPS) is 15.7. The Kier molecular flexibility index (Phi) is 6.19. The van der Waals surface area contributed by atoms with Crippen molar-refractivity contribution in [3.05, 3.63) is 58.6 Å². The minimum Gasteiger partial charge on any atom is -0.493 e. The van der Waals surface area contributed by atoms with E-state index in [9.17, 15) is 4.79 Å². The lowest BCUT2D eigenvalue weighted by molar-refractivity contribution is -0.131. The molecule has 1 amide bonds. The lowest BCUT2D eigenvalue weighted by atomic mass is 10.0. The highest BCUT2D eigenvalue weighted by molar-refractivity contribution is 6.34. The van der Waals surface area contributed by atoms with Crippen LogP contribution in [0.4, 0.5) is 0 Å². The molecule has 2 aromatic carbocycles. The number of nitrogens with one attached hydrogen (secondary N) is 1. The van der Waals surface area contributed by atoms with Gasteiger partial charge >= 0.3 is 0 Å². The Bertz CT molecular complexity index is 854. The Hall–Kier alpha value is -2.73. The van der Waals surface area contributed by atoms with Crippen LogP contribution in [0.1, 0.15) is 17.5 Å². The fourth-order valence-corrected chi connectivity index (χ4v) is 3.10. The van der Waals surface area contributed by atoms with Crippen molar-refractivity contribution >= 4 is 23.2 Å². The van der Waals surface area contributed by atoms with Gasteiger partial charge < -0.3 is 19.6 Å². The molecule has 3 rings (SSSR count). The molecule has 0 aliphatic carbocycles. The molecule has 2 aromatic rings. The maximum atomic E-state index is 12.3. The number of hydrogen-bond donors (Lipinski definition) is 1. The van der Waals surface area contributed by atoms with Crippen LogP contribution in [0, 0.1) is 0 Å². The van der Waals surface area contributed by atoms with E-state index in [-0.39, 0.29) is 5.91 Å². The summed E-state index contributed by atoms with van der Waals surface area (Å²) in [4.78, 5) is 17.6. The van der Waals surface area contributed by atoms with Gasteiger partial charge in [0.1, 0.15) is 0 Å². The van der Waals surface area contributed by atoms with Gasteiger partial charge in [0.15, 0.2) is 11.5 Å². The highest BCUT2D eigenvalue weighted by Gasteiger charge is 2.29. The van der Waals surface area contributed by atoms with Crippen molar-refractivity contribution in [2.75, 3.05) is 20.8 Å². The molecule has 0 radical (unpaired) electrons. The second-order valence-electron chi connectivity index (χ2n) is 6.05. The maximum absolute atomic E-state index is 12.3. The third-order valence-electron chi connectivity index (χ3n) is 4.31. The van der Waals surface area contributed by atoms with Gasteiger partial charge in [-0.3, -0.25) is 4.79 Å². The number of oxime groups is 1. The minimum atomic E-state index is -0.637. The minimum absolute atomic E-state index is 0.193. The van der Waals surface area contributed by atoms with Gasteiger partial charge in [-0.2, -0.15) is 0 Å². The average molecular weight is 389 g/mol. The van der Waals surface area contributed by atoms with Crippen molar-refractivity contribution in [2.24, 2.45) is 5.16 Å². The third kappa shape index (κ3) is 4.52. The van der Waals surface area contributed by atoms with Crippen molar-refractivity contribution in [1.82, 2.24) is 5.32 Å². The largest absolute Gasteiger partial charge is 0.493 e. The van der Waals surface area contributed by atoms with Crippen LogP contribution in [0.5, 0.6) is 11.5 Å². The molecule has 27 heavy (non-hydrogen) atoms. The molecule has 1 heterocycles. The Morgan fingerprint density at radius 2 is 2.00 bits per heavy atom. The summed E-state index contributed by atoms with van der Waals surface area (Å²) in [5.41, 5.74) is 2.51. The Morgan fingerprint density at radius 3 is 2.74 bits per heavy atom. The van der Waals surface area contributed by atoms with E-state index in [1.165, 1.54) is 0 Å². The first-order chi connectivity index (χ1) is 13.1. The zero-order valence-corrected chi connectivity index (χ0v) is 16.0. The van der Waals surface area contributed by atoms with E-state index in [4.69, 9.17) is 25.9 Å². The SMILES string of the molecule is COc1ccc(CCNC(=O)[C@H]2CC(c3ccccc3Cl)=NO2)cc1OC. The average Bonchev–Trinajstić information content (AvgIpc) is 3.18. The first kappa shape index (κ1) is 19.0. The van der Waals surface area contributed by atoms with Gasteiger partial charge in [-0.15, -0.1) is 0 Å². The number of benzene rings is 2. The van der Waals surface area contributed by atoms with Crippen LogP contribution in [0.2, 0.25) is 5.02 Å². The predicted octanol–water partition coefficient (Wildman–Crippen LogP) is 3.21. The maximum Gasteiger partial charge on any atom is 0.264 e. The summed E-state index contributed by atoms with van der Waals surface area (Å²) in [7, 11) is 3.19. The summed E-state index contributed by atoms with van der Waals surface area (Å²) < 4.78 is 10.5. The number of nitrogens with zero attached hydrogens (tertiary/aromatic N) is 1. The van der Waals surface area contributed by atoms with Gasteiger partial charge in [-0.05, 0) is 30.2 Å². The molecule has 0 saturated carbocycles. The highest BCUT2D eigenvalue weighted by atomic mass is 35.5. The summed E-state index contributed by atoms with van der Waals surface area (Å²) in [5.74, 6) is 1.15. The van der Waals surface area contributed by atoms with Crippen molar-refractivity contribution in [2.45, 2.75) is 18.9 Å². The summed E-state index contributed by atoms with van der Waals surface area (Å²) in [5, 5.41) is 7.49. The number of hydrogen-bond acceptors (Lipinski definition) is 5. The topological polar surface area (TPSA) is 69.2 Å². The van der Waals surface area contributed by atoms with Gasteiger partial charge in [0, 0.05) is 23.6 Å². The smallest absolute Gasteiger partial charge is 0.264 e. The van der Waals surface area contributed by atoms with E-state index in [0.717, 1.165) is 11.1 Å². The predicted molar refractivity (Wildman–Crippen MR) is 104 cm³/mol. The number of carbonyl (C=O) groups excluding carboxylic acids is 1. The molecule has 1 aliphatic rings. The van der Waals surface area contributed by atoms with Gasteiger partial charge in [-0.25, -0.2) is 0 Å². The number of carbonyl (C=O) groups is 1. The first-order valence-corrected chi connectivity index (χ1v) is 8.96. The van der Waals surface area contributed by atoms with Crippen molar-refractivity contribution in [1.29, 1.82) is 0 Å². The van der Waals surface area contributed by atoms with Crippen molar-refractivity contribution in [3.63, 3.8) is 0 Å². The Balaban J connectivity index is 1.50. The molecule has 1 aliphatic heterocycles. The van der Waals surface area contributed by atoms with E-state index in [2.05, 4.69) is 10.5 Å². The van der Waals surface area contributed by atoms with Crippen LogP contribution in [0.15, 0.2) is 47.6 Å². The van der Waals surface area contributed by atoms with Crippen LogP contribution in [0.25, 0.3) is 0 Å². The van der Waals surface area contributed by atoms with Crippen LogP contribution in [-0.4, -0.2) is 38.5 Å². The van der Waals surface area contributed by atoms with E-state index in [1.54, 1.807) is 20.3 Å². The molecule has 0 aromatic heterocycles. The summed E-state index contributed by atoms with van der Waals surface area (Å²) in [6.07, 6.45) is 0.421. The van der Waals surface area contributed by atoms with E-state index < -0.39 is 6.10 Å². The fourth-order valence-electron chi connectivity index (χ4n) is 2.85. The molecule has 0 saturated heterocycles. The summed E-state index contributed by atoms with van der Waals surface area (Å²) in [6, 6.07) is 13.1. The molecule has 0 fully saturated rings. The summed E-state index contributed by atoms with van der Waals surface area (Å²) in [6.45, 7) is 0.482. The second kappa shape index (κ2) is 8.77. The highest BCUT2D eigenvalue weighted by Crippen LogP contribution is 2.27.